The summed E-state index contributed by atoms with van der Waals surface area (Å²) < 4.78 is 96.5. The molecule has 0 atom stereocenters. The molecule has 3 aromatic rings. The van der Waals surface area contributed by atoms with Crippen molar-refractivity contribution in [2.24, 2.45) is 0 Å². The van der Waals surface area contributed by atoms with E-state index in [9.17, 15) is 30.4 Å². The average Bonchev–Trinajstić information content (AvgIpc) is 3.09. The predicted molar refractivity (Wildman–Crippen MR) is 90.0 cm³/mol. The van der Waals surface area contributed by atoms with Gasteiger partial charge in [0.25, 0.3) is 10.0 Å². The van der Waals surface area contributed by atoms with Crippen molar-refractivity contribution in [2.45, 2.75) is 11.5 Å². The maximum atomic E-state index is 14.1. The van der Waals surface area contributed by atoms with Crippen LogP contribution in [-0.2, 0) is 10.0 Å². The summed E-state index contributed by atoms with van der Waals surface area (Å²) in [6.45, 7) is -3.38. The van der Waals surface area contributed by atoms with Gasteiger partial charge in [-0.25, -0.2) is 21.6 Å². The molecule has 148 valence electrons. The van der Waals surface area contributed by atoms with Gasteiger partial charge in [0.2, 0.25) is 0 Å². The zero-order valence-electron chi connectivity index (χ0n) is 13.7. The molecule has 0 aliphatic heterocycles. The number of ether oxygens (including phenoxy) is 1. The number of hydrogen-bond acceptors (Lipinski definition) is 3. The van der Waals surface area contributed by atoms with Gasteiger partial charge in [0.15, 0.2) is 17.4 Å². The molecule has 3 rings (SSSR count). The van der Waals surface area contributed by atoms with Crippen molar-refractivity contribution in [3.05, 3.63) is 66.2 Å². The molecule has 0 bridgehead atoms. The number of nitrogens with one attached hydrogen (secondary N) is 2. The van der Waals surface area contributed by atoms with Crippen LogP contribution < -0.4 is 9.46 Å². The van der Waals surface area contributed by atoms with E-state index in [1.54, 1.807) is 0 Å². The molecular weight excluding hydrogens is 407 g/mol. The van der Waals surface area contributed by atoms with Crippen molar-refractivity contribution >= 4 is 15.7 Å². The first-order valence-corrected chi connectivity index (χ1v) is 9.05. The Bertz CT molecular complexity index is 1120. The van der Waals surface area contributed by atoms with Crippen LogP contribution in [0, 0.1) is 17.5 Å². The second-order valence-electron chi connectivity index (χ2n) is 5.49. The number of aromatic amines is 1. The lowest BCUT2D eigenvalue weighted by molar-refractivity contribution is -0.0523. The van der Waals surface area contributed by atoms with Crippen LogP contribution >= 0.6 is 0 Å². The van der Waals surface area contributed by atoms with Gasteiger partial charge in [0.1, 0.15) is 10.7 Å². The van der Waals surface area contributed by atoms with Crippen LogP contribution in [0.2, 0.25) is 0 Å². The van der Waals surface area contributed by atoms with E-state index in [0.717, 1.165) is 12.3 Å². The number of halogens is 5. The van der Waals surface area contributed by atoms with Crippen LogP contribution in [0.5, 0.6) is 5.75 Å². The molecular formula is C17H11F5N2O3S. The number of hydrogen-bond donors (Lipinski definition) is 2. The van der Waals surface area contributed by atoms with E-state index in [1.807, 2.05) is 4.72 Å². The standard InChI is InChI=1S/C17H11F5N2O3S/c18-10-3-1-2-9(4-10)11-7-23-8-16(11)28(25,26)24-14-5-13(20)15(6-12(14)19)27-17(21)22/h1-8,17,23-24H. The molecule has 0 saturated carbocycles. The Morgan fingerprint density at radius 2 is 1.75 bits per heavy atom. The second-order valence-corrected chi connectivity index (χ2v) is 7.14. The fraction of sp³-hybridized carbons (Fsp3) is 0.0588. The second kappa shape index (κ2) is 7.50. The van der Waals surface area contributed by atoms with Crippen LogP contribution in [0.1, 0.15) is 0 Å². The number of rotatable bonds is 6. The van der Waals surface area contributed by atoms with Crippen LogP contribution in [0.25, 0.3) is 11.1 Å². The molecule has 0 amide bonds. The normalized spacial score (nSPS) is 11.6. The molecule has 5 nitrogen and oxygen atoms in total. The Kier molecular flexibility index (Phi) is 5.27. The fourth-order valence-electron chi connectivity index (χ4n) is 2.45. The van der Waals surface area contributed by atoms with Crippen LogP contribution in [0.3, 0.4) is 0 Å². The molecule has 11 heteroatoms. The molecule has 0 saturated heterocycles. The zero-order valence-corrected chi connectivity index (χ0v) is 14.5. The van der Waals surface area contributed by atoms with Gasteiger partial charge in [-0.05, 0) is 17.7 Å². The first kappa shape index (κ1) is 19.7. The number of aromatic nitrogens is 1. The Balaban J connectivity index is 1.96. The maximum Gasteiger partial charge on any atom is 0.387 e. The molecule has 0 aliphatic rings. The molecule has 0 unspecified atom stereocenters. The van der Waals surface area contributed by atoms with Crippen molar-refractivity contribution in [2.75, 3.05) is 4.72 Å². The molecule has 1 aromatic heterocycles. The molecule has 2 aromatic carbocycles. The van der Waals surface area contributed by atoms with Crippen molar-refractivity contribution in [3.63, 3.8) is 0 Å². The molecule has 0 fully saturated rings. The summed E-state index contributed by atoms with van der Waals surface area (Å²) in [5, 5.41) is 0. The van der Waals surface area contributed by atoms with Gasteiger partial charge in [0.05, 0.1) is 5.69 Å². The summed E-state index contributed by atoms with van der Waals surface area (Å²) in [5.74, 6) is -4.39. The van der Waals surface area contributed by atoms with Crippen LogP contribution in [0.4, 0.5) is 27.6 Å². The monoisotopic (exact) mass is 418 g/mol. The molecule has 2 N–H and O–H groups in total. The first-order chi connectivity index (χ1) is 13.2. The van der Waals surface area contributed by atoms with Crippen molar-refractivity contribution in [1.82, 2.24) is 4.98 Å². The minimum Gasteiger partial charge on any atom is -0.432 e. The third-order valence-electron chi connectivity index (χ3n) is 3.61. The quantitative estimate of drug-likeness (QED) is 0.579. The van der Waals surface area contributed by atoms with Crippen molar-refractivity contribution in [1.29, 1.82) is 0 Å². The van der Waals surface area contributed by atoms with Gasteiger partial charge in [0, 0.05) is 30.1 Å². The molecule has 28 heavy (non-hydrogen) atoms. The molecule has 0 radical (unpaired) electrons. The Labute approximate surface area is 155 Å². The van der Waals surface area contributed by atoms with Crippen LogP contribution in [0.15, 0.2) is 53.7 Å². The van der Waals surface area contributed by atoms with Gasteiger partial charge in [-0.1, -0.05) is 12.1 Å². The summed E-state index contributed by atoms with van der Waals surface area (Å²) in [6, 6.07) is 5.77. The lowest BCUT2D eigenvalue weighted by atomic mass is 10.1. The van der Waals surface area contributed by atoms with E-state index in [0.29, 0.717) is 12.1 Å². The lowest BCUT2D eigenvalue weighted by Crippen LogP contribution is -2.15. The predicted octanol–water partition coefficient (Wildman–Crippen LogP) is 4.50. The summed E-state index contributed by atoms with van der Waals surface area (Å²) >= 11 is 0. The summed E-state index contributed by atoms with van der Waals surface area (Å²) in [5.41, 5.74) is -0.495. The summed E-state index contributed by atoms with van der Waals surface area (Å²) in [7, 11) is -4.44. The molecule has 0 aliphatic carbocycles. The van der Waals surface area contributed by atoms with Gasteiger partial charge in [-0.15, -0.1) is 0 Å². The SMILES string of the molecule is O=S(=O)(Nc1cc(F)c(OC(F)F)cc1F)c1c[nH]cc1-c1cccc(F)c1. The maximum absolute atomic E-state index is 14.1. The lowest BCUT2D eigenvalue weighted by Gasteiger charge is -2.12. The minimum absolute atomic E-state index is 0.0885. The van der Waals surface area contributed by atoms with Gasteiger partial charge < -0.3 is 9.72 Å². The van der Waals surface area contributed by atoms with Crippen LogP contribution in [-0.4, -0.2) is 20.0 Å². The zero-order chi connectivity index (χ0) is 20.5. The average molecular weight is 418 g/mol. The van der Waals surface area contributed by atoms with Gasteiger partial charge in [-0.2, -0.15) is 8.78 Å². The highest BCUT2D eigenvalue weighted by atomic mass is 32.2. The van der Waals surface area contributed by atoms with E-state index in [2.05, 4.69) is 9.72 Å². The first-order valence-electron chi connectivity index (χ1n) is 7.57. The fourth-order valence-corrected chi connectivity index (χ4v) is 3.69. The summed E-state index contributed by atoms with van der Waals surface area (Å²) in [6.07, 6.45) is 2.37. The van der Waals surface area contributed by atoms with Crippen molar-refractivity contribution < 1.29 is 35.1 Å². The molecule has 0 spiro atoms. The number of alkyl halides is 2. The van der Waals surface area contributed by atoms with Crippen molar-refractivity contribution in [3.8, 4) is 16.9 Å². The summed E-state index contributed by atoms with van der Waals surface area (Å²) in [4.78, 5) is 2.20. The molecule has 1 heterocycles. The number of sulfonamides is 1. The Morgan fingerprint density at radius 3 is 2.43 bits per heavy atom. The van der Waals surface area contributed by atoms with E-state index in [-0.39, 0.29) is 16.0 Å². The topological polar surface area (TPSA) is 71.2 Å². The number of anilines is 1. The number of benzene rings is 2. The van der Waals surface area contributed by atoms with Gasteiger partial charge in [-0.3, -0.25) is 4.72 Å². The van der Waals surface area contributed by atoms with E-state index >= 15 is 0 Å². The highest BCUT2D eigenvalue weighted by Crippen LogP contribution is 2.31. The largest absolute Gasteiger partial charge is 0.432 e. The van der Waals surface area contributed by atoms with E-state index < -0.39 is 45.5 Å². The van der Waals surface area contributed by atoms with E-state index in [1.165, 1.54) is 24.4 Å². The highest BCUT2D eigenvalue weighted by molar-refractivity contribution is 7.92. The third-order valence-corrected chi connectivity index (χ3v) is 5.02. The third kappa shape index (κ3) is 4.09. The van der Waals surface area contributed by atoms with E-state index in [4.69, 9.17) is 0 Å². The Hall–Kier alpha value is -3.08. The van der Waals surface area contributed by atoms with Gasteiger partial charge >= 0.3 is 6.61 Å². The Morgan fingerprint density at radius 1 is 1.00 bits per heavy atom. The number of H-pyrrole nitrogens is 1. The smallest absolute Gasteiger partial charge is 0.387 e. The minimum atomic E-state index is -4.44. The highest BCUT2D eigenvalue weighted by Gasteiger charge is 2.24.